The summed E-state index contributed by atoms with van der Waals surface area (Å²) in [5, 5.41) is 10.3. The molecular weight excluding hydrogens is 362 g/mol. The molecule has 1 unspecified atom stereocenters. The van der Waals surface area contributed by atoms with Crippen molar-refractivity contribution in [3.63, 3.8) is 0 Å². The second-order valence-corrected chi connectivity index (χ2v) is 7.53. The summed E-state index contributed by atoms with van der Waals surface area (Å²) in [6.07, 6.45) is 3.89. The molecule has 2 amide bonds. The first-order valence-corrected chi connectivity index (χ1v) is 9.16. The summed E-state index contributed by atoms with van der Waals surface area (Å²) in [5.41, 5.74) is 2.51. The largest absolute Gasteiger partial charge is 0.287 e. The van der Waals surface area contributed by atoms with Crippen molar-refractivity contribution >= 4 is 35.2 Å². The van der Waals surface area contributed by atoms with Crippen LogP contribution in [-0.4, -0.2) is 17.9 Å². The lowest BCUT2D eigenvalue weighted by atomic mass is 9.85. The number of amides is 2. The Bertz CT molecular complexity index is 1060. The van der Waals surface area contributed by atoms with E-state index >= 15 is 0 Å². The maximum atomic E-state index is 13.4. The highest BCUT2D eigenvalue weighted by Crippen LogP contribution is 2.44. The summed E-state index contributed by atoms with van der Waals surface area (Å²) < 4.78 is 0. The van der Waals surface area contributed by atoms with Crippen molar-refractivity contribution in [3.05, 3.63) is 70.9 Å². The normalized spacial score (nSPS) is 30.7. The van der Waals surface area contributed by atoms with Gasteiger partial charge in [0.2, 0.25) is 11.8 Å². The van der Waals surface area contributed by atoms with Crippen LogP contribution in [0.3, 0.4) is 0 Å². The van der Waals surface area contributed by atoms with Gasteiger partial charge >= 0.3 is 0 Å². The lowest BCUT2D eigenvalue weighted by Gasteiger charge is -2.28. The zero-order valence-corrected chi connectivity index (χ0v) is 14.9. The van der Waals surface area contributed by atoms with Crippen LogP contribution in [0.4, 0.5) is 5.69 Å². The van der Waals surface area contributed by atoms with E-state index in [1.54, 1.807) is 24.3 Å². The molecular formula is C21H15ClN3O2+. The number of nitrogens with zero attached hydrogens (tertiary/aromatic N) is 2. The number of anilines is 1. The molecule has 2 fully saturated rings. The van der Waals surface area contributed by atoms with Gasteiger partial charge in [-0.05, 0) is 29.8 Å². The summed E-state index contributed by atoms with van der Waals surface area (Å²) in [6.45, 7) is 0. The molecule has 2 aromatic carbocycles. The molecule has 3 heterocycles. The van der Waals surface area contributed by atoms with Crippen LogP contribution in [0.15, 0.2) is 54.7 Å². The molecule has 3 aliphatic heterocycles. The molecule has 0 bridgehead atoms. The number of nitrogens with one attached hydrogen (secondary N) is 1. The van der Waals surface area contributed by atoms with Crippen LogP contribution in [0.2, 0.25) is 5.02 Å². The number of hydrogen-bond donors (Lipinski definition) is 1. The molecule has 2 aromatic rings. The van der Waals surface area contributed by atoms with Crippen molar-refractivity contribution in [2.24, 2.45) is 11.8 Å². The number of rotatable bonds is 1. The van der Waals surface area contributed by atoms with Crippen molar-refractivity contribution in [1.29, 1.82) is 5.26 Å². The van der Waals surface area contributed by atoms with Crippen molar-refractivity contribution in [1.82, 2.24) is 0 Å². The predicted molar refractivity (Wildman–Crippen MR) is 99.5 cm³/mol. The SMILES string of the molecule is N#C[C@H]1[C@@H]2C(=O)N(c3cccc(Cl)c3)C(=O)[C@@H]2[C@@H]2c3ccccc3C=C[NH+]12. The van der Waals surface area contributed by atoms with Gasteiger partial charge in [-0.25, -0.2) is 4.90 Å². The third-order valence-electron chi connectivity index (χ3n) is 5.83. The van der Waals surface area contributed by atoms with Crippen LogP contribution in [0.25, 0.3) is 6.08 Å². The molecule has 5 atom stereocenters. The number of quaternary nitrogens is 1. The van der Waals surface area contributed by atoms with Gasteiger partial charge in [-0.2, -0.15) is 5.26 Å². The summed E-state index contributed by atoms with van der Waals surface area (Å²) in [6, 6.07) is 16.0. The number of carbonyl (C=O) groups is 2. The minimum Gasteiger partial charge on any atom is -0.287 e. The van der Waals surface area contributed by atoms with E-state index in [1.165, 1.54) is 4.90 Å². The topological polar surface area (TPSA) is 65.6 Å². The molecule has 1 N–H and O–H groups in total. The molecule has 3 aliphatic rings. The lowest BCUT2D eigenvalue weighted by Crippen LogP contribution is -3.10. The summed E-state index contributed by atoms with van der Waals surface area (Å²) in [7, 11) is 0. The highest BCUT2D eigenvalue weighted by molar-refractivity contribution is 6.31. The smallest absolute Gasteiger partial charge is 0.245 e. The standard InChI is InChI=1S/C21H14ClN3O2/c22-13-5-3-6-14(10-13)25-20(26)17-16(11-23)24-9-8-12-4-1-2-7-15(12)19(24)18(17)21(25)27/h1-10,16-19H/p+1/t16-,17-,18-,19-/m0/s1. The number of fused-ring (bicyclic) bond motifs is 5. The molecule has 0 aliphatic carbocycles. The number of hydrogen-bond acceptors (Lipinski definition) is 3. The molecule has 0 spiro atoms. The van der Waals surface area contributed by atoms with Gasteiger partial charge in [0.05, 0.1) is 11.9 Å². The fourth-order valence-corrected chi connectivity index (χ4v) is 4.94. The van der Waals surface area contributed by atoms with Crippen LogP contribution in [0.1, 0.15) is 17.2 Å². The number of benzene rings is 2. The van der Waals surface area contributed by atoms with Crippen molar-refractivity contribution in [2.45, 2.75) is 12.1 Å². The molecule has 6 heteroatoms. The number of carbonyl (C=O) groups excluding carboxylic acids is 2. The van der Waals surface area contributed by atoms with E-state index in [0.29, 0.717) is 10.7 Å². The van der Waals surface area contributed by atoms with Gasteiger partial charge in [0, 0.05) is 10.6 Å². The van der Waals surface area contributed by atoms with Gasteiger partial charge in [0.25, 0.3) is 0 Å². The van der Waals surface area contributed by atoms with Crippen LogP contribution < -0.4 is 9.80 Å². The second kappa shape index (κ2) is 5.78. The number of imide groups is 1. The van der Waals surface area contributed by atoms with Crippen LogP contribution in [-0.2, 0) is 9.59 Å². The highest BCUT2D eigenvalue weighted by atomic mass is 35.5. The second-order valence-electron chi connectivity index (χ2n) is 7.09. The minimum atomic E-state index is -0.655. The van der Waals surface area contributed by atoms with Gasteiger partial charge in [0.1, 0.15) is 23.9 Å². The third kappa shape index (κ3) is 2.14. The Hall–Kier alpha value is -2.94. The highest BCUT2D eigenvalue weighted by Gasteiger charge is 2.66. The Labute approximate surface area is 161 Å². The van der Waals surface area contributed by atoms with Crippen LogP contribution >= 0.6 is 11.6 Å². The predicted octanol–water partition coefficient (Wildman–Crippen LogP) is 1.96. The molecule has 5 nitrogen and oxygen atoms in total. The molecule has 132 valence electrons. The van der Waals surface area contributed by atoms with Gasteiger partial charge in [0.15, 0.2) is 6.04 Å². The fourth-order valence-electron chi connectivity index (χ4n) is 4.76. The summed E-state index contributed by atoms with van der Waals surface area (Å²) in [4.78, 5) is 28.6. The van der Waals surface area contributed by atoms with Crippen molar-refractivity contribution in [2.75, 3.05) is 4.90 Å². The Morgan fingerprint density at radius 1 is 1.04 bits per heavy atom. The zero-order chi connectivity index (χ0) is 18.7. The molecule has 0 radical (unpaired) electrons. The quantitative estimate of drug-likeness (QED) is 0.774. The van der Waals surface area contributed by atoms with E-state index in [9.17, 15) is 14.9 Å². The molecule has 2 saturated heterocycles. The molecule has 0 aromatic heterocycles. The Kier molecular flexibility index (Phi) is 3.48. The first-order valence-electron chi connectivity index (χ1n) is 8.78. The van der Waals surface area contributed by atoms with E-state index < -0.39 is 17.9 Å². The summed E-state index contributed by atoms with van der Waals surface area (Å²) in [5.74, 6) is -1.77. The average molecular weight is 377 g/mol. The molecule has 27 heavy (non-hydrogen) atoms. The summed E-state index contributed by atoms with van der Waals surface area (Å²) >= 11 is 6.06. The van der Waals surface area contributed by atoms with Gasteiger partial charge in [-0.1, -0.05) is 41.9 Å². The fraction of sp³-hybridized carbons (Fsp3) is 0.190. The van der Waals surface area contributed by atoms with Crippen molar-refractivity contribution in [3.8, 4) is 6.07 Å². The van der Waals surface area contributed by atoms with Gasteiger partial charge in [-0.3, -0.25) is 14.5 Å². The third-order valence-corrected chi connectivity index (χ3v) is 6.06. The van der Waals surface area contributed by atoms with E-state index in [1.807, 2.05) is 36.5 Å². The zero-order valence-electron chi connectivity index (χ0n) is 14.2. The molecule has 0 saturated carbocycles. The maximum absolute atomic E-state index is 13.4. The monoisotopic (exact) mass is 376 g/mol. The first-order chi connectivity index (χ1) is 13.1. The Morgan fingerprint density at radius 3 is 2.59 bits per heavy atom. The van der Waals surface area contributed by atoms with E-state index in [0.717, 1.165) is 16.0 Å². The number of nitriles is 1. The van der Waals surface area contributed by atoms with E-state index in [-0.39, 0.29) is 17.9 Å². The minimum absolute atomic E-state index is 0.235. The van der Waals surface area contributed by atoms with Crippen LogP contribution in [0.5, 0.6) is 0 Å². The first kappa shape index (κ1) is 16.2. The molecule has 5 rings (SSSR count). The Balaban J connectivity index is 1.65. The average Bonchev–Trinajstić information content (AvgIpc) is 3.14. The maximum Gasteiger partial charge on any atom is 0.245 e. The number of halogens is 1. The van der Waals surface area contributed by atoms with Crippen LogP contribution in [0, 0.1) is 23.2 Å². The van der Waals surface area contributed by atoms with Crippen molar-refractivity contribution < 1.29 is 14.5 Å². The lowest BCUT2D eigenvalue weighted by molar-refractivity contribution is -0.885. The Morgan fingerprint density at radius 2 is 1.81 bits per heavy atom. The van der Waals surface area contributed by atoms with Gasteiger partial charge < -0.3 is 0 Å². The van der Waals surface area contributed by atoms with E-state index in [2.05, 4.69) is 6.07 Å². The van der Waals surface area contributed by atoms with Gasteiger partial charge in [-0.15, -0.1) is 0 Å². The van der Waals surface area contributed by atoms with E-state index in [4.69, 9.17) is 11.6 Å².